The summed E-state index contributed by atoms with van der Waals surface area (Å²) in [5.74, 6) is 1.36. The number of rotatable bonds is 4. The molecule has 1 amide bonds. The van der Waals surface area contributed by atoms with Gasteiger partial charge in [0, 0.05) is 50.2 Å². The molecule has 37 heavy (non-hydrogen) atoms. The second-order valence-corrected chi connectivity index (χ2v) is 10.3. The third-order valence-electron chi connectivity index (χ3n) is 8.07. The van der Waals surface area contributed by atoms with Gasteiger partial charge in [-0.3, -0.25) is 9.69 Å². The molecule has 10 heteroatoms. The Morgan fingerprint density at radius 3 is 2.57 bits per heavy atom. The summed E-state index contributed by atoms with van der Waals surface area (Å²) < 4.78 is 6.91. The zero-order valence-electron chi connectivity index (χ0n) is 21.6. The summed E-state index contributed by atoms with van der Waals surface area (Å²) in [6.45, 7) is 5.48. The Kier molecular flexibility index (Phi) is 6.29. The van der Waals surface area contributed by atoms with Crippen LogP contribution in [-0.2, 0) is 12.8 Å². The molecule has 0 saturated carbocycles. The molecule has 4 heterocycles. The van der Waals surface area contributed by atoms with Gasteiger partial charge in [0.2, 0.25) is 0 Å². The van der Waals surface area contributed by atoms with Crippen LogP contribution in [0.4, 0.5) is 5.82 Å². The number of likely N-dealkylation sites (tertiary alicyclic amines) is 1. The second-order valence-electron chi connectivity index (χ2n) is 10.3. The van der Waals surface area contributed by atoms with E-state index in [0.717, 1.165) is 61.6 Å². The van der Waals surface area contributed by atoms with Crippen LogP contribution in [0.1, 0.15) is 34.3 Å². The Hall–Kier alpha value is -3.50. The van der Waals surface area contributed by atoms with Crippen LogP contribution >= 0.6 is 0 Å². The predicted molar refractivity (Wildman–Crippen MR) is 141 cm³/mol. The van der Waals surface area contributed by atoms with E-state index in [4.69, 9.17) is 15.5 Å². The molecule has 1 aliphatic carbocycles. The molecule has 194 valence electrons. The molecule has 0 radical (unpaired) electrons. The largest absolute Gasteiger partial charge is 0.497 e. The number of carbonyl (C=O) groups is 1. The number of aryl methyl sites for hydroxylation is 2. The van der Waals surface area contributed by atoms with Crippen molar-refractivity contribution >= 4 is 11.7 Å². The zero-order valence-corrected chi connectivity index (χ0v) is 21.6. The topological polar surface area (TPSA) is 106 Å². The highest BCUT2D eigenvalue weighted by Crippen LogP contribution is 2.34. The lowest BCUT2D eigenvalue weighted by molar-refractivity contribution is 0.0476. The average Bonchev–Trinajstić information content (AvgIpc) is 3.33. The lowest BCUT2D eigenvalue weighted by atomic mass is 9.90. The third kappa shape index (κ3) is 4.55. The Bertz CT molecular complexity index is 1310. The summed E-state index contributed by atoms with van der Waals surface area (Å²) >= 11 is 0. The van der Waals surface area contributed by atoms with Gasteiger partial charge in [-0.05, 0) is 75.1 Å². The molecule has 2 aromatic heterocycles. The van der Waals surface area contributed by atoms with Gasteiger partial charge in [-0.15, -0.1) is 5.10 Å². The van der Waals surface area contributed by atoms with E-state index in [0.29, 0.717) is 30.6 Å². The van der Waals surface area contributed by atoms with Crippen LogP contribution in [0.15, 0.2) is 30.6 Å². The van der Waals surface area contributed by atoms with E-state index in [9.17, 15) is 4.79 Å². The third-order valence-corrected chi connectivity index (χ3v) is 8.07. The van der Waals surface area contributed by atoms with Gasteiger partial charge >= 0.3 is 0 Å². The highest BCUT2D eigenvalue weighted by Gasteiger charge is 2.30. The molecule has 10 nitrogen and oxygen atoms in total. The van der Waals surface area contributed by atoms with E-state index in [1.807, 2.05) is 23.2 Å². The van der Waals surface area contributed by atoms with E-state index in [1.165, 1.54) is 23.1 Å². The van der Waals surface area contributed by atoms with Crippen LogP contribution in [-0.4, -0.2) is 99.8 Å². The second kappa shape index (κ2) is 9.75. The minimum Gasteiger partial charge on any atom is -0.497 e. The quantitative estimate of drug-likeness (QED) is 0.577. The number of nitrogens with zero attached hydrogens (tertiary/aromatic N) is 7. The number of hydrogen-bond acceptors (Lipinski definition) is 8. The summed E-state index contributed by atoms with van der Waals surface area (Å²) in [5, 5.41) is 4.41. The van der Waals surface area contributed by atoms with Gasteiger partial charge in [0.1, 0.15) is 11.3 Å². The maximum atomic E-state index is 13.4. The van der Waals surface area contributed by atoms with E-state index in [1.54, 1.807) is 13.3 Å². The van der Waals surface area contributed by atoms with Crippen molar-refractivity contribution in [2.45, 2.75) is 31.7 Å². The number of benzene rings is 1. The van der Waals surface area contributed by atoms with Crippen molar-refractivity contribution in [2.24, 2.45) is 0 Å². The molecule has 3 aliphatic rings. The van der Waals surface area contributed by atoms with Crippen molar-refractivity contribution in [3.05, 3.63) is 47.3 Å². The number of piperazine rings is 1. The number of ether oxygens (including phenoxy) is 1. The Balaban J connectivity index is 1.18. The van der Waals surface area contributed by atoms with E-state index in [2.05, 4.69) is 33.0 Å². The van der Waals surface area contributed by atoms with Crippen LogP contribution in [0.3, 0.4) is 0 Å². The number of nitrogens with two attached hydrogens (primary N) is 1. The molecule has 3 aromatic rings. The molecule has 2 aliphatic heterocycles. The van der Waals surface area contributed by atoms with Crippen LogP contribution in [0.5, 0.6) is 5.75 Å². The van der Waals surface area contributed by atoms with Crippen LogP contribution in [0.25, 0.3) is 17.2 Å². The van der Waals surface area contributed by atoms with Crippen molar-refractivity contribution in [3.8, 4) is 23.0 Å². The fourth-order valence-corrected chi connectivity index (χ4v) is 5.80. The summed E-state index contributed by atoms with van der Waals surface area (Å²) in [6, 6.07) is 6.68. The number of aromatic nitrogens is 4. The minimum absolute atomic E-state index is 0.0813. The molecule has 0 spiro atoms. The molecule has 1 aromatic carbocycles. The number of methoxy groups -OCH3 is 1. The SMILES string of the molecule is COc1ccc2c(c1)CCc1cnc(-n3cc(C(=O)N4CCN(C5CCN(C)CC5)CC4)c(N)n3)nc1-2. The van der Waals surface area contributed by atoms with Gasteiger partial charge in [-0.2, -0.15) is 0 Å². The summed E-state index contributed by atoms with van der Waals surface area (Å²) in [4.78, 5) is 29.5. The normalized spacial score (nSPS) is 18.9. The Labute approximate surface area is 217 Å². The van der Waals surface area contributed by atoms with Gasteiger partial charge in [0.25, 0.3) is 11.9 Å². The number of amides is 1. The van der Waals surface area contributed by atoms with E-state index >= 15 is 0 Å². The van der Waals surface area contributed by atoms with Crippen molar-refractivity contribution in [1.82, 2.24) is 34.4 Å². The van der Waals surface area contributed by atoms with Crippen molar-refractivity contribution in [2.75, 3.05) is 59.2 Å². The first-order valence-electron chi connectivity index (χ1n) is 13.1. The molecule has 2 N–H and O–H groups in total. The number of carbonyl (C=O) groups excluding carboxylic acids is 1. The molecule has 0 unspecified atom stereocenters. The number of anilines is 1. The standard InChI is InChI=1S/C27H34N8O2/c1-32-9-7-20(8-10-32)33-11-13-34(14-12-33)26(36)23-17-35(31-25(23)28)27-29-16-19-4-3-18-15-21(37-2)5-6-22(18)24(19)30-27/h5-6,15-17,20H,3-4,7-14H2,1-2H3,(H2,28,31). The van der Waals surface area contributed by atoms with Crippen LogP contribution in [0, 0.1) is 0 Å². The fourth-order valence-electron chi connectivity index (χ4n) is 5.80. The molecule has 6 rings (SSSR count). The first-order chi connectivity index (χ1) is 18.0. The Morgan fingerprint density at radius 1 is 1.05 bits per heavy atom. The van der Waals surface area contributed by atoms with Crippen molar-refractivity contribution < 1.29 is 9.53 Å². The number of nitrogen functional groups attached to an aromatic ring is 1. The van der Waals surface area contributed by atoms with E-state index < -0.39 is 0 Å². The molecule has 0 atom stereocenters. The minimum atomic E-state index is -0.0813. The maximum Gasteiger partial charge on any atom is 0.259 e. The molecular formula is C27H34N8O2. The monoisotopic (exact) mass is 502 g/mol. The predicted octanol–water partition coefficient (Wildman–Crippen LogP) is 1.87. The van der Waals surface area contributed by atoms with Crippen molar-refractivity contribution in [1.29, 1.82) is 0 Å². The Morgan fingerprint density at radius 2 is 1.81 bits per heavy atom. The zero-order chi connectivity index (χ0) is 25.5. The fraction of sp³-hybridized carbons (Fsp3) is 0.481. The van der Waals surface area contributed by atoms with Gasteiger partial charge < -0.3 is 20.3 Å². The first-order valence-corrected chi connectivity index (χ1v) is 13.1. The van der Waals surface area contributed by atoms with Gasteiger partial charge in [-0.1, -0.05) is 0 Å². The van der Waals surface area contributed by atoms with Gasteiger partial charge in [0.05, 0.1) is 12.8 Å². The average molecular weight is 503 g/mol. The smallest absolute Gasteiger partial charge is 0.259 e. The lowest BCUT2D eigenvalue weighted by Crippen LogP contribution is -2.54. The number of piperidine rings is 1. The first kappa shape index (κ1) is 23.9. The molecule has 0 bridgehead atoms. The van der Waals surface area contributed by atoms with Gasteiger partial charge in [-0.25, -0.2) is 14.6 Å². The highest BCUT2D eigenvalue weighted by molar-refractivity contribution is 5.98. The van der Waals surface area contributed by atoms with Crippen LogP contribution in [0.2, 0.25) is 0 Å². The highest BCUT2D eigenvalue weighted by atomic mass is 16.5. The molecular weight excluding hydrogens is 468 g/mol. The number of fused-ring (bicyclic) bond motifs is 3. The van der Waals surface area contributed by atoms with E-state index in [-0.39, 0.29) is 11.7 Å². The van der Waals surface area contributed by atoms with Crippen molar-refractivity contribution in [3.63, 3.8) is 0 Å². The summed E-state index contributed by atoms with van der Waals surface area (Å²) in [6.07, 6.45) is 7.70. The van der Waals surface area contributed by atoms with Crippen LogP contribution < -0.4 is 10.5 Å². The van der Waals surface area contributed by atoms with Gasteiger partial charge in [0.15, 0.2) is 5.82 Å². The molecule has 2 fully saturated rings. The lowest BCUT2D eigenvalue weighted by Gasteiger charge is -2.42. The number of hydrogen-bond donors (Lipinski definition) is 1. The molecule has 2 saturated heterocycles. The maximum absolute atomic E-state index is 13.4. The summed E-state index contributed by atoms with van der Waals surface area (Å²) in [5.41, 5.74) is 10.9. The summed E-state index contributed by atoms with van der Waals surface area (Å²) in [7, 11) is 3.86.